The molecule has 18 heavy (non-hydrogen) atoms. The Balaban J connectivity index is 2.43. The van der Waals surface area contributed by atoms with Gasteiger partial charge >= 0.3 is 0 Å². The van der Waals surface area contributed by atoms with Crippen molar-refractivity contribution in [1.82, 2.24) is 5.32 Å². The molecule has 1 fully saturated rings. The minimum absolute atomic E-state index is 0.00182. The first-order chi connectivity index (χ1) is 8.66. The van der Waals surface area contributed by atoms with Gasteiger partial charge in [-0.15, -0.1) is 0 Å². The Morgan fingerprint density at radius 2 is 1.89 bits per heavy atom. The summed E-state index contributed by atoms with van der Waals surface area (Å²) >= 11 is 0. The van der Waals surface area contributed by atoms with Gasteiger partial charge in [0.25, 0.3) is 0 Å². The lowest BCUT2D eigenvalue weighted by molar-refractivity contribution is -0.0566. The van der Waals surface area contributed by atoms with Crippen molar-refractivity contribution in [1.29, 1.82) is 0 Å². The van der Waals surface area contributed by atoms with Gasteiger partial charge < -0.3 is 10.1 Å². The summed E-state index contributed by atoms with van der Waals surface area (Å²) in [5, 5.41) is 3.49. The summed E-state index contributed by atoms with van der Waals surface area (Å²) in [6.45, 7) is 7.41. The maximum absolute atomic E-state index is 6.01. The second-order valence-electron chi connectivity index (χ2n) is 6.02. The van der Waals surface area contributed by atoms with E-state index in [-0.39, 0.29) is 5.60 Å². The van der Waals surface area contributed by atoms with Crippen LogP contribution in [0.1, 0.15) is 72.1 Å². The molecule has 2 nitrogen and oxygen atoms in total. The summed E-state index contributed by atoms with van der Waals surface area (Å²) in [7, 11) is 2.08. The second-order valence-corrected chi connectivity index (χ2v) is 6.02. The highest BCUT2D eigenvalue weighted by molar-refractivity contribution is 4.88. The number of hydrogen-bond donors (Lipinski definition) is 1. The Bertz CT molecular complexity index is 213. The zero-order chi connectivity index (χ0) is 13.4. The van der Waals surface area contributed by atoms with Crippen molar-refractivity contribution < 1.29 is 4.74 Å². The maximum atomic E-state index is 6.01. The number of nitrogens with one attached hydrogen (secondary N) is 1. The van der Waals surface area contributed by atoms with Crippen LogP contribution in [0.4, 0.5) is 0 Å². The quantitative estimate of drug-likeness (QED) is 0.704. The average Bonchev–Trinajstić information content (AvgIpc) is 2.41. The molecular formula is C16H33NO. The first-order valence-corrected chi connectivity index (χ1v) is 7.97. The van der Waals surface area contributed by atoms with E-state index in [1.54, 1.807) is 0 Å². The molecule has 0 heterocycles. The summed E-state index contributed by atoms with van der Waals surface area (Å²) in [5.41, 5.74) is -0.00182. The molecule has 108 valence electrons. The van der Waals surface area contributed by atoms with E-state index in [0.29, 0.717) is 6.04 Å². The molecule has 2 heteroatoms. The molecule has 1 rings (SSSR count). The molecular weight excluding hydrogens is 222 g/mol. The van der Waals surface area contributed by atoms with Gasteiger partial charge in [-0.2, -0.15) is 0 Å². The standard InChI is InChI=1S/C16H33NO/c1-5-16(3,18-6-2)15(17-4)13-12-14-10-8-7-9-11-14/h14-15,17H,5-13H2,1-4H3. The van der Waals surface area contributed by atoms with Crippen LogP contribution in [0.2, 0.25) is 0 Å². The Morgan fingerprint density at radius 1 is 1.22 bits per heavy atom. The molecule has 0 spiro atoms. The third-order valence-corrected chi connectivity index (χ3v) is 4.85. The number of ether oxygens (including phenoxy) is 1. The molecule has 0 amide bonds. The largest absolute Gasteiger partial charge is 0.374 e. The zero-order valence-electron chi connectivity index (χ0n) is 12.9. The van der Waals surface area contributed by atoms with Crippen molar-refractivity contribution >= 4 is 0 Å². The average molecular weight is 255 g/mol. The first kappa shape index (κ1) is 16.0. The Labute approximate surface area is 114 Å². The van der Waals surface area contributed by atoms with Gasteiger partial charge in [0.05, 0.1) is 5.60 Å². The maximum Gasteiger partial charge on any atom is 0.0803 e. The number of likely N-dealkylation sites (N-methyl/N-ethyl adjacent to an activating group) is 1. The van der Waals surface area contributed by atoms with Gasteiger partial charge in [0, 0.05) is 12.6 Å². The fraction of sp³-hybridized carbons (Fsp3) is 1.00. The van der Waals surface area contributed by atoms with Crippen molar-refractivity contribution in [2.75, 3.05) is 13.7 Å². The van der Waals surface area contributed by atoms with Crippen molar-refractivity contribution in [3.63, 3.8) is 0 Å². The highest BCUT2D eigenvalue weighted by atomic mass is 16.5. The lowest BCUT2D eigenvalue weighted by atomic mass is 9.82. The van der Waals surface area contributed by atoms with E-state index in [9.17, 15) is 0 Å². The smallest absolute Gasteiger partial charge is 0.0803 e. The molecule has 1 N–H and O–H groups in total. The van der Waals surface area contributed by atoms with Crippen LogP contribution < -0.4 is 5.32 Å². The predicted octanol–water partition coefficient (Wildman–Crippen LogP) is 4.14. The van der Waals surface area contributed by atoms with Crippen LogP contribution in [-0.2, 0) is 4.74 Å². The Morgan fingerprint density at radius 3 is 2.39 bits per heavy atom. The van der Waals surface area contributed by atoms with Crippen molar-refractivity contribution in [3.8, 4) is 0 Å². The minimum Gasteiger partial charge on any atom is -0.374 e. The van der Waals surface area contributed by atoms with Crippen LogP contribution in [0.3, 0.4) is 0 Å². The second kappa shape index (κ2) is 8.16. The van der Waals surface area contributed by atoms with Gasteiger partial charge in [-0.1, -0.05) is 39.0 Å². The lowest BCUT2D eigenvalue weighted by Crippen LogP contribution is -2.49. The van der Waals surface area contributed by atoms with Gasteiger partial charge in [0.2, 0.25) is 0 Å². The van der Waals surface area contributed by atoms with Crippen molar-refractivity contribution in [2.24, 2.45) is 5.92 Å². The normalized spacial score (nSPS) is 22.7. The SMILES string of the molecule is CCOC(C)(CC)C(CCC1CCCCC1)NC. The molecule has 0 aromatic rings. The van der Waals surface area contributed by atoms with E-state index < -0.39 is 0 Å². The van der Waals surface area contributed by atoms with E-state index in [0.717, 1.165) is 18.9 Å². The van der Waals surface area contributed by atoms with Crippen LogP contribution >= 0.6 is 0 Å². The summed E-state index contributed by atoms with van der Waals surface area (Å²) in [4.78, 5) is 0. The highest BCUT2D eigenvalue weighted by Gasteiger charge is 2.32. The van der Waals surface area contributed by atoms with Crippen LogP contribution in [-0.4, -0.2) is 25.3 Å². The topological polar surface area (TPSA) is 21.3 Å². The molecule has 0 radical (unpaired) electrons. The lowest BCUT2D eigenvalue weighted by Gasteiger charge is -2.37. The van der Waals surface area contributed by atoms with Crippen molar-refractivity contribution in [2.45, 2.75) is 83.8 Å². The van der Waals surface area contributed by atoms with Gasteiger partial charge in [-0.3, -0.25) is 0 Å². The van der Waals surface area contributed by atoms with Crippen LogP contribution in [0.15, 0.2) is 0 Å². The molecule has 0 bridgehead atoms. The third-order valence-electron chi connectivity index (χ3n) is 4.85. The summed E-state index contributed by atoms with van der Waals surface area (Å²) in [6.07, 6.45) is 11.0. The van der Waals surface area contributed by atoms with E-state index in [2.05, 4.69) is 33.1 Å². The number of rotatable bonds is 8. The first-order valence-electron chi connectivity index (χ1n) is 7.97. The van der Waals surface area contributed by atoms with Gasteiger partial charge in [-0.05, 0) is 46.1 Å². The molecule has 0 aromatic carbocycles. The van der Waals surface area contributed by atoms with Gasteiger partial charge in [0.1, 0.15) is 0 Å². The van der Waals surface area contributed by atoms with Gasteiger partial charge in [0.15, 0.2) is 0 Å². The Hall–Kier alpha value is -0.0800. The van der Waals surface area contributed by atoms with E-state index >= 15 is 0 Å². The zero-order valence-corrected chi connectivity index (χ0v) is 12.9. The predicted molar refractivity (Wildman–Crippen MR) is 79.0 cm³/mol. The summed E-state index contributed by atoms with van der Waals surface area (Å²) < 4.78 is 6.01. The molecule has 1 saturated carbocycles. The van der Waals surface area contributed by atoms with Gasteiger partial charge in [-0.25, -0.2) is 0 Å². The molecule has 1 aliphatic carbocycles. The van der Waals surface area contributed by atoms with E-state index in [4.69, 9.17) is 4.74 Å². The molecule has 2 atom stereocenters. The fourth-order valence-electron chi connectivity index (χ4n) is 3.41. The van der Waals surface area contributed by atoms with E-state index in [1.165, 1.54) is 44.9 Å². The van der Waals surface area contributed by atoms with Crippen LogP contribution in [0, 0.1) is 5.92 Å². The van der Waals surface area contributed by atoms with E-state index in [1.807, 2.05) is 0 Å². The summed E-state index contributed by atoms with van der Waals surface area (Å²) in [5.74, 6) is 0.970. The molecule has 1 aliphatic rings. The molecule has 0 aromatic heterocycles. The fourth-order valence-corrected chi connectivity index (χ4v) is 3.41. The minimum atomic E-state index is -0.00182. The highest BCUT2D eigenvalue weighted by Crippen LogP contribution is 2.30. The molecule has 2 unspecified atom stereocenters. The summed E-state index contributed by atoms with van der Waals surface area (Å²) in [6, 6.07) is 0.490. The van der Waals surface area contributed by atoms with Crippen molar-refractivity contribution in [3.05, 3.63) is 0 Å². The monoisotopic (exact) mass is 255 g/mol. The molecule has 0 aliphatic heterocycles. The van der Waals surface area contributed by atoms with Crippen LogP contribution in [0.5, 0.6) is 0 Å². The number of hydrogen-bond acceptors (Lipinski definition) is 2. The Kier molecular flexibility index (Phi) is 7.25. The third kappa shape index (κ3) is 4.55. The molecule has 0 saturated heterocycles. The van der Waals surface area contributed by atoms with Crippen LogP contribution in [0.25, 0.3) is 0 Å².